The Balaban J connectivity index is 1.55. The van der Waals surface area contributed by atoms with Gasteiger partial charge in [-0.2, -0.15) is 0 Å². The van der Waals surface area contributed by atoms with Crippen LogP contribution in [-0.4, -0.2) is 78.1 Å². The number of ether oxygens (including phenoxy) is 1. The molecule has 2 fully saturated rings. The van der Waals surface area contributed by atoms with Gasteiger partial charge in [-0.05, 0) is 25.7 Å². The number of carbonyl (C=O) groups is 2. The number of likely N-dealkylation sites (tertiary alicyclic amines) is 1. The Bertz CT molecular complexity index is 581. The van der Waals surface area contributed by atoms with Crippen LogP contribution in [0.25, 0.3) is 0 Å². The van der Waals surface area contributed by atoms with Gasteiger partial charge in [0, 0.05) is 63.8 Å². The third-order valence-corrected chi connectivity index (χ3v) is 5.95. The van der Waals surface area contributed by atoms with Crippen LogP contribution in [0.2, 0.25) is 0 Å². The maximum atomic E-state index is 12.1. The van der Waals surface area contributed by atoms with E-state index >= 15 is 0 Å². The molecule has 2 saturated heterocycles. The highest BCUT2D eigenvalue weighted by Gasteiger charge is 2.31. The van der Waals surface area contributed by atoms with Crippen LogP contribution in [0, 0.1) is 0 Å². The first-order valence-corrected chi connectivity index (χ1v) is 10.3. The fraction of sp³-hybridized carbons (Fsp3) is 0.722. The number of nitrogens with zero attached hydrogens (tertiary/aromatic N) is 3. The molecule has 144 valence electrons. The molecule has 0 unspecified atom stereocenters. The van der Waals surface area contributed by atoms with Crippen LogP contribution in [0.5, 0.6) is 0 Å². The van der Waals surface area contributed by atoms with Gasteiger partial charge in [0.25, 0.3) is 5.91 Å². The molecular formula is C18H28N4O3S. The molecule has 0 spiro atoms. The highest BCUT2D eigenvalue weighted by Crippen LogP contribution is 2.23. The zero-order valence-electron chi connectivity index (χ0n) is 15.4. The molecule has 0 bridgehead atoms. The minimum atomic E-state index is -0.107. The Labute approximate surface area is 158 Å². The molecule has 26 heavy (non-hydrogen) atoms. The van der Waals surface area contributed by atoms with Crippen molar-refractivity contribution in [2.45, 2.75) is 44.7 Å². The van der Waals surface area contributed by atoms with E-state index in [0.29, 0.717) is 24.3 Å². The zero-order valence-corrected chi connectivity index (χ0v) is 16.2. The lowest BCUT2D eigenvalue weighted by Crippen LogP contribution is -2.53. The number of rotatable bonds is 6. The highest BCUT2D eigenvalue weighted by molar-refractivity contribution is 7.07. The van der Waals surface area contributed by atoms with Gasteiger partial charge in [-0.15, -0.1) is 11.3 Å². The topological polar surface area (TPSA) is 74.8 Å². The lowest BCUT2D eigenvalue weighted by Gasteiger charge is -2.43. The molecule has 3 heterocycles. The van der Waals surface area contributed by atoms with E-state index in [0.717, 1.165) is 58.5 Å². The smallest absolute Gasteiger partial charge is 0.270 e. The van der Waals surface area contributed by atoms with Crippen LogP contribution in [0.3, 0.4) is 0 Å². The number of aromatic nitrogens is 1. The van der Waals surface area contributed by atoms with Crippen molar-refractivity contribution in [3.63, 3.8) is 0 Å². The van der Waals surface area contributed by atoms with Crippen molar-refractivity contribution in [1.82, 2.24) is 20.1 Å². The Morgan fingerprint density at radius 1 is 1.27 bits per heavy atom. The van der Waals surface area contributed by atoms with E-state index in [1.54, 1.807) is 17.8 Å². The lowest BCUT2D eigenvalue weighted by atomic mass is 9.98. The van der Waals surface area contributed by atoms with Crippen LogP contribution < -0.4 is 5.32 Å². The molecule has 7 nitrogen and oxygen atoms in total. The number of thiazole rings is 1. The lowest BCUT2D eigenvalue weighted by molar-refractivity contribution is -0.130. The Kier molecular flexibility index (Phi) is 6.99. The second-order valence-corrected chi connectivity index (χ2v) is 7.67. The largest absolute Gasteiger partial charge is 0.381 e. The fourth-order valence-electron chi connectivity index (χ4n) is 3.91. The van der Waals surface area contributed by atoms with E-state index in [-0.39, 0.29) is 11.8 Å². The molecule has 0 atom stereocenters. The average Bonchev–Trinajstić information content (AvgIpc) is 3.21. The summed E-state index contributed by atoms with van der Waals surface area (Å²) in [5.74, 6) is 0.0566. The van der Waals surface area contributed by atoms with Gasteiger partial charge in [0.2, 0.25) is 5.91 Å². The van der Waals surface area contributed by atoms with Crippen LogP contribution in [0.15, 0.2) is 10.9 Å². The van der Waals surface area contributed by atoms with E-state index in [1.807, 2.05) is 4.90 Å². The maximum absolute atomic E-state index is 12.1. The summed E-state index contributed by atoms with van der Waals surface area (Å²) in [6, 6.07) is 0.957. The van der Waals surface area contributed by atoms with Crippen LogP contribution in [0.1, 0.15) is 43.1 Å². The van der Waals surface area contributed by atoms with Gasteiger partial charge in [0.05, 0.1) is 5.51 Å². The van der Waals surface area contributed by atoms with Gasteiger partial charge in [-0.1, -0.05) is 0 Å². The van der Waals surface area contributed by atoms with Crippen molar-refractivity contribution < 1.29 is 14.3 Å². The number of hydrogen-bond acceptors (Lipinski definition) is 6. The number of piperidine rings is 1. The molecule has 0 aromatic carbocycles. The molecule has 0 aliphatic carbocycles. The summed E-state index contributed by atoms with van der Waals surface area (Å²) in [4.78, 5) is 32.2. The van der Waals surface area contributed by atoms with E-state index in [1.165, 1.54) is 11.3 Å². The van der Waals surface area contributed by atoms with Crippen molar-refractivity contribution in [1.29, 1.82) is 0 Å². The van der Waals surface area contributed by atoms with E-state index < -0.39 is 0 Å². The summed E-state index contributed by atoms with van der Waals surface area (Å²) >= 11 is 1.43. The third kappa shape index (κ3) is 5.02. The molecule has 0 radical (unpaired) electrons. The molecule has 1 N–H and O–H groups in total. The zero-order chi connectivity index (χ0) is 18.4. The summed E-state index contributed by atoms with van der Waals surface area (Å²) in [6.07, 6.45) is 4.06. The molecule has 2 aliphatic heterocycles. The molecule has 8 heteroatoms. The minimum Gasteiger partial charge on any atom is -0.381 e. The molecule has 1 aromatic rings. The summed E-state index contributed by atoms with van der Waals surface area (Å²) in [5, 5.41) is 4.76. The SMILES string of the molecule is CC(=O)N1CCC(N(CCNC(=O)c2cscn2)C2CCOCC2)CC1. The first kappa shape index (κ1) is 19.3. The first-order chi connectivity index (χ1) is 12.6. The predicted octanol–water partition coefficient (Wildman–Crippen LogP) is 1.36. The Morgan fingerprint density at radius 2 is 1.96 bits per heavy atom. The van der Waals surface area contributed by atoms with Gasteiger partial charge < -0.3 is 15.0 Å². The van der Waals surface area contributed by atoms with E-state index in [9.17, 15) is 9.59 Å². The number of hydrogen-bond donors (Lipinski definition) is 1. The van der Waals surface area contributed by atoms with Gasteiger partial charge >= 0.3 is 0 Å². The summed E-state index contributed by atoms with van der Waals surface area (Å²) in [6.45, 7) is 6.34. The van der Waals surface area contributed by atoms with Crippen molar-refractivity contribution >= 4 is 23.2 Å². The first-order valence-electron chi connectivity index (χ1n) is 9.40. The van der Waals surface area contributed by atoms with Crippen LogP contribution in [-0.2, 0) is 9.53 Å². The van der Waals surface area contributed by atoms with Gasteiger partial charge in [0.15, 0.2) is 0 Å². The number of carbonyl (C=O) groups excluding carboxylic acids is 2. The van der Waals surface area contributed by atoms with Gasteiger partial charge in [-0.3, -0.25) is 14.5 Å². The quantitative estimate of drug-likeness (QED) is 0.807. The van der Waals surface area contributed by atoms with Crippen molar-refractivity contribution in [2.75, 3.05) is 39.4 Å². The van der Waals surface area contributed by atoms with Crippen molar-refractivity contribution in [3.8, 4) is 0 Å². The Hall–Kier alpha value is -1.51. The molecule has 2 amide bonds. The molecule has 2 aliphatic rings. The van der Waals surface area contributed by atoms with Crippen molar-refractivity contribution in [2.24, 2.45) is 0 Å². The standard InChI is InChI=1S/C18H28N4O3S/c1-14(23)21-7-2-15(3-8-21)22(16-4-10-25-11-5-16)9-6-19-18(24)17-12-26-13-20-17/h12-13,15-16H,2-11H2,1H3,(H,19,24). The third-order valence-electron chi connectivity index (χ3n) is 5.36. The summed E-state index contributed by atoms with van der Waals surface area (Å²) < 4.78 is 5.52. The summed E-state index contributed by atoms with van der Waals surface area (Å²) in [7, 11) is 0. The minimum absolute atomic E-state index is 0.107. The molecule has 1 aromatic heterocycles. The fourth-order valence-corrected chi connectivity index (χ4v) is 4.44. The van der Waals surface area contributed by atoms with Crippen molar-refractivity contribution in [3.05, 3.63) is 16.6 Å². The van der Waals surface area contributed by atoms with Crippen LogP contribution in [0.4, 0.5) is 0 Å². The van der Waals surface area contributed by atoms with Gasteiger partial charge in [-0.25, -0.2) is 4.98 Å². The molecular weight excluding hydrogens is 352 g/mol. The molecule has 0 saturated carbocycles. The second kappa shape index (κ2) is 9.43. The van der Waals surface area contributed by atoms with E-state index in [2.05, 4.69) is 15.2 Å². The summed E-state index contributed by atoms with van der Waals surface area (Å²) in [5.41, 5.74) is 2.16. The Morgan fingerprint density at radius 3 is 2.58 bits per heavy atom. The number of amides is 2. The average molecular weight is 381 g/mol. The van der Waals surface area contributed by atoms with Gasteiger partial charge in [0.1, 0.15) is 5.69 Å². The number of nitrogens with one attached hydrogen (secondary N) is 1. The molecule has 3 rings (SSSR count). The normalized spacial score (nSPS) is 19.7. The maximum Gasteiger partial charge on any atom is 0.270 e. The second-order valence-electron chi connectivity index (χ2n) is 6.95. The predicted molar refractivity (Wildman–Crippen MR) is 100 cm³/mol. The monoisotopic (exact) mass is 380 g/mol. The highest BCUT2D eigenvalue weighted by atomic mass is 32.1. The van der Waals surface area contributed by atoms with E-state index in [4.69, 9.17) is 4.74 Å². The van der Waals surface area contributed by atoms with Crippen LogP contribution >= 0.6 is 11.3 Å².